The normalized spacial score (nSPS) is 18.6. The number of hydrogen-bond acceptors (Lipinski definition) is 3. The molecule has 1 atom stereocenters. The Kier molecular flexibility index (Phi) is 4.39. The Morgan fingerprint density at radius 1 is 1.17 bits per heavy atom. The Bertz CT molecular complexity index is 748. The molecule has 0 bridgehead atoms. The largest absolute Gasteiger partial charge is 0.508 e. The molecule has 2 aromatic carbocycles. The minimum Gasteiger partial charge on any atom is -0.508 e. The maximum atomic E-state index is 12.7. The third kappa shape index (κ3) is 3.32. The molecule has 1 unspecified atom stereocenters. The molecule has 0 aliphatic carbocycles. The number of fused-ring (bicyclic) bond motifs is 1. The first-order valence-corrected chi connectivity index (χ1v) is 8.57. The SMILES string of the molecule is CC(C)(C)OC(=O)N1CCCCC1c1c(O)ccc2ccccc12. The van der Waals surface area contributed by atoms with Gasteiger partial charge < -0.3 is 14.7 Å². The number of piperidine rings is 1. The summed E-state index contributed by atoms with van der Waals surface area (Å²) in [5, 5.41) is 12.6. The number of rotatable bonds is 1. The van der Waals surface area contributed by atoms with Crippen LogP contribution in [0.4, 0.5) is 4.79 Å². The molecule has 128 valence electrons. The second kappa shape index (κ2) is 6.34. The van der Waals surface area contributed by atoms with E-state index in [9.17, 15) is 9.90 Å². The number of hydrogen-bond donors (Lipinski definition) is 1. The molecule has 0 aromatic heterocycles. The van der Waals surface area contributed by atoms with E-state index in [0.29, 0.717) is 6.54 Å². The Morgan fingerprint density at radius 3 is 2.67 bits per heavy atom. The van der Waals surface area contributed by atoms with E-state index in [-0.39, 0.29) is 17.9 Å². The molecular formula is C20H25NO3. The van der Waals surface area contributed by atoms with Gasteiger partial charge in [0.05, 0.1) is 6.04 Å². The fourth-order valence-corrected chi connectivity index (χ4v) is 3.41. The molecule has 3 rings (SSSR count). The van der Waals surface area contributed by atoms with Crippen LogP contribution in [0.5, 0.6) is 5.75 Å². The highest BCUT2D eigenvalue weighted by Crippen LogP contribution is 2.40. The van der Waals surface area contributed by atoms with E-state index in [0.717, 1.165) is 35.6 Å². The van der Waals surface area contributed by atoms with Crippen LogP contribution in [0.1, 0.15) is 51.6 Å². The van der Waals surface area contributed by atoms with Crippen LogP contribution in [0.2, 0.25) is 0 Å². The number of ether oxygens (including phenoxy) is 1. The zero-order valence-corrected chi connectivity index (χ0v) is 14.6. The van der Waals surface area contributed by atoms with Gasteiger partial charge in [-0.1, -0.05) is 30.3 Å². The number of phenols is 1. The summed E-state index contributed by atoms with van der Waals surface area (Å²) in [6.07, 6.45) is 2.52. The fraction of sp³-hybridized carbons (Fsp3) is 0.450. The van der Waals surface area contributed by atoms with Crippen molar-refractivity contribution >= 4 is 16.9 Å². The van der Waals surface area contributed by atoms with Gasteiger partial charge >= 0.3 is 6.09 Å². The molecule has 24 heavy (non-hydrogen) atoms. The lowest BCUT2D eigenvalue weighted by Gasteiger charge is -2.37. The van der Waals surface area contributed by atoms with Crippen LogP contribution in [-0.4, -0.2) is 28.2 Å². The topological polar surface area (TPSA) is 49.8 Å². The zero-order chi connectivity index (χ0) is 17.3. The molecule has 1 aliphatic heterocycles. The van der Waals surface area contributed by atoms with E-state index in [1.165, 1.54) is 0 Å². The third-order valence-electron chi connectivity index (χ3n) is 4.41. The number of nitrogens with zero attached hydrogens (tertiary/aromatic N) is 1. The fourth-order valence-electron chi connectivity index (χ4n) is 3.41. The quantitative estimate of drug-likeness (QED) is 0.801. The lowest BCUT2D eigenvalue weighted by Crippen LogP contribution is -2.41. The number of phenolic OH excluding ortho intramolecular Hbond substituents is 1. The van der Waals surface area contributed by atoms with Crippen LogP contribution < -0.4 is 0 Å². The van der Waals surface area contributed by atoms with Crippen molar-refractivity contribution in [2.24, 2.45) is 0 Å². The van der Waals surface area contributed by atoms with Crippen molar-refractivity contribution in [3.05, 3.63) is 42.0 Å². The van der Waals surface area contributed by atoms with Gasteiger partial charge in [0, 0.05) is 12.1 Å². The van der Waals surface area contributed by atoms with E-state index in [4.69, 9.17) is 4.74 Å². The van der Waals surface area contributed by atoms with E-state index >= 15 is 0 Å². The summed E-state index contributed by atoms with van der Waals surface area (Å²) < 4.78 is 5.59. The van der Waals surface area contributed by atoms with Crippen LogP contribution in [0.3, 0.4) is 0 Å². The molecule has 1 heterocycles. The number of carbonyl (C=O) groups is 1. The Morgan fingerprint density at radius 2 is 1.92 bits per heavy atom. The molecule has 2 aromatic rings. The van der Waals surface area contributed by atoms with Crippen LogP contribution in [0, 0.1) is 0 Å². The molecule has 1 N–H and O–H groups in total. The van der Waals surface area contributed by atoms with Crippen molar-refractivity contribution in [2.75, 3.05) is 6.54 Å². The van der Waals surface area contributed by atoms with Crippen molar-refractivity contribution in [3.8, 4) is 5.75 Å². The van der Waals surface area contributed by atoms with Gasteiger partial charge in [-0.3, -0.25) is 0 Å². The van der Waals surface area contributed by atoms with E-state index < -0.39 is 5.60 Å². The van der Waals surface area contributed by atoms with Gasteiger partial charge in [0.1, 0.15) is 11.4 Å². The van der Waals surface area contributed by atoms with Crippen molar-refractivity contribution in [2.45, 2.75) is 51.7 Å². The van der Waals surface area contributed by atoms with E-state index in [2.05, 4.69) is 0 Å². The van der Waals surface area contributed by atoms with Gasteiger partial charge in [-0.2, -0.15) is 0 Å². The molecule has 4 nitrogen and oxygen atoms in total. The summed E-state index contributed by atoms with van der Waals surface area (Å²) in [7, 11) is 0. The Labute approximate surface area is 143 Å². The van der Waals surface area contributed by atoms with Crippen LogP contribution in [-0.2, 0) is 4.74 Å². The predicted molar refractivity (Wildman–Crippen MR) is 95.1 cm³/mol. The minimum atomic E-state index is -0.528. The van der Waals surface area contributed by atoms with Gasteiger partial charge in [0.2, 0.25) is 0 Å². The highest BCUT2D eigenvalue weighted by Gasteiger charge is 2.33. The maximum absolute atomic E-state index is 12.7. The molecule has 0 saturated carbocycles. The monoisotopic (exact) mass is 327 g/mol. The van der Waals surface area contributed by atoms with Crippen LogP contribution >= 0.6 is 0 Å². The maximum Gasteiger partial charge on any atom is 0.410 e. The summed E-state index contributed by atoms with van der Waals surface area (Å²) in [4.78, 5) is 14.4. The molecule has 1 saturated heterocycles. The molecule has 1 aliphatic rings. The van der Waals surface area contributed by atoms with Gasteiger partial charge in [-0.25, -0.2) is 4.79 Å². The average molecular weight is 327 g/mol. The van der Waals surface area contributed by atoms with E-state index in [1.807, 2.05) is 51.1 Å². The van der Waals surface area contributed by atoms with Crippen molar-refractivity contribution in [1.29, 1.82) is 0 Å². The molecular weight excluding hydrogens is 302 g/mol. The highest BCUT2D eigenvalue weighted by molar-refractivity contribution is 5.88. The third-order valence-corrected chi connectivity index (χ3v) is 4.41. The number of carbonyl (C=O) groups excluding carboxylic acids is 1. The van der Waals surface area contributed by atoms with Gasteiger partial charge in [0.25, 0.3) is 0 Å². The van der Waals surface area contributed by atoms with E-state index in [1.54, 1.807) is 11.0 Å². The number of aromatic hydroxyl groups is 1. The number of likely N-dealkylation sites (tertiary alicyclic amines) is 1. The first-order chi connectivity index (χ1) is 11.4. The smallest absolute Gasteiger partial charge is 0.410 e. The summed E-state index contributed by atoms with van der Waals surface area (Å²) in [5.41, 5.74) is 0.304. The predicted octanol–water partition coefficient (Wildman–Crippen LogP) is 5.01. The Balaban J connectivity index is 2.03. The molecule has 1 fully saturated rings. The molecule has 0 spiro atoms. The van der Waals surface area contributed by atoms with Crippen LogP contribution in [0.25, 0.3) is 10.8 Å². The zero-order valence-electron chi connectivity index (χ0n) is 14.6. The first kappa shape index (κ1) is 16.6. The van der Waals surface area contributed by atoms with Gasteiger partial charge in [-0.05, 0) is 56.9 Å². The standard InChI is InChI=1S/C20H25NO3/c1-20(2,3)24-19(23)21-13-7-6-10-16(21)18-15-9-5-4-8-14(15)11-12-17(18)22/h4-5,8-9,11-12,16,22H,6-7,10,13H2,1-3H3. The number of amides is 1. The molecule has 4 heteroatoms. The van der Waals surface area contributed by atoms with Crippen molar-refractivity contribution in [3.63, 3.8) is 0 Å². The van der Waals surface area contributed by atoms with Gasteiger partial charge in [-0.15, -0.1) is 0 Å². The lowest BCUT2D eigenvalue weighted by atomic mass is 9.91. The van der Waals surface area contributed by atoms with Crippen molar-refractivity contribution in [1.82, 2.24) is 4.90 Å². The highest BCUT2D eigenvalue weighted by atomic mass is 16.6. The van der Waals surface area contributed by atoms with Crippen LogP contribution in [0.15, 0.2) is 36.4 Å². The first-order valence-electron chi connectivity index (χ1n) is 8.57. The second-order valence-corrected chi connectivity index (χ2v) is 7.40. The number of benzene rings is 2. The summed E-state index contributed by atoms with van der Waals surface area (Å²) in [6, 6.07) is 11.5. The minimum absolute atomic E-state index is 0.153. The second-order valence-electron chi connectivity index (χ2n) is 7.40. The molecule has 0 radical (unpaired) electrons. The summed E-state index contributed by atoms with van der Waals surface area (Å²) in [6.45, 7) is 6.28. The lowest BCUT2D eigenvalue weighted by molar-refractivity contribution is 0.00949. The molecule has 1 amide bonds. The summed E-state index contributed by atoms with van der Waals surface area (Å²) in [5.74, 6) is 0.245. The van der Waals surface area contributed by atoms with Gasteiger partial charge in [0.15, 0.2) is 0 Å². The van der Waals surface area contributed by atoms with Crippen molar-refractivity contribution < 1.29 is 14.6 Å². The Hall–Kier alpha value is -2.23. The average Bonchev–Trinajstić information content (AvgIpc) is 2.53. The summed E-state index contributed by atoms with van der Waals surface area (Å²) >= 11 is 0.